The zero-order valence-corrected chi connectivity index (χ0v) is 12.7. The molecule has 8 heteroatoms. The first-order chi connectivity index (χ1) is 10.1. The van der Waals surface area contributed by atoms with Crippen LogP contribution in [0.4, 0.5) is 0 Å². The topological polar surface area (TPSA) is 81.6 Å². The van der Waals surface area contributed by atoms with E-state index in [9.17, 15) is 8.42 Å². The third-order valence-electron chi connectivity index (χ3n) is 4.06. The van der Waals surface area contributed by atoms with E-state index in [4.69, 9.17) is 9.47 Å². The maximum atomic E-state index is 11.8. The first-order valence-corrected chi connectivity index (χ1v) is 8.89. The second kappa shape index (κ2) is 5.86. The molecule has 1 aliphatic carbocycles. The van der Waals surface area contributed by atoms with Gasteiger partial charge in [-0.05, 0) is 18.9 Å². The van der Waals surface area contributed by atoms with Crippen molar-refractivity contribution in [1.82, 2.24) is 14.3 Å². The second-order valence-corrected chi connectivity index (χ2v) is 7.39. The van der Waals surface area contributed by atoms with Crippen molar-refractivity contribution in [2.75, 3.05) is 26.0 Å². The molecule has 2 heterocycles. The molecule has 1 aromatic heterocycles. The van der Waals surface area contributed by atoms with E-state index in [2.05, 4.69) is 9.97 Å². The maximum Gasteiger partial charge on any atom is 0.316 e. The predicted molar refractivity (Wildman–Crippen MR) is 75.3 cm³/mol. The summed E-state index contributed by atoms with van der Waals surface area (Å²) in [6, 6.07) is 2.00. The van der Waals surface area contributed by atoms with Crippen LogP contribution >= 0.6 is 0 Å². The van der Waals surface area contributed by atoms with E-state index >= 15 is 0 Å². The summed E-state index contributed by atoms with van der Waals surface area (Å²) in [6.45, 7) is 1.32. The van der Waals surface area contributed by atoms with E-state index in [0.29, 0.717) is 25.8 Å². The normalized spacial score (nSPS) is 30.0. The molecule has 0 N–H and O–H groups in total. The molecule has 0 amide bonds. The highest BCUT2D eigenvalue weighted by molar-refractivity contribution is 7.88. The summed E-state index contributed by atoms with van der Waals surface area (Å²) in [6.07, 6.45) is 6.11. The first kappa shape index (κ1) is 14.7. The van der Waals surface area contributed by atoms with Crippen LogP contribution in [-0.4, -0.2) is 60.9 Å². The fraction of sp³-hybridized carbons (Fsp3) is 0.692. The van der Waals surface area contributed by atoms with Crippen LogP contribution in [0.3, 0.4) is 0 Å². The number of fused-ring (bicyclic) bond motifs is 1. The Kier molecular flexibility index (Phi) is 4.10. The molecule has 0 bridgehead atoms. The fourth-order valence-corrected chi connectivity index (χ4v) is 4.28. The molecule has 0 spiro atoms. The van der Waals surface area contributed by atoms with Crippen LogP contribution in [0.2, 0.25) is 0 Å². The second-order valence-electron chi connectivity index (χ2n) is 5.46. The van der Waals surface area contributed by atoms with Gasteiger partial charge in [0.05, 0.1) is 31.6 Å². The van der Waals surface area contributed by atoms with E-state index in [1.54, 1.807) is 22.8 Å². The summed E-state index contributed by atoms with van der Waals surface area (Å²) < 4.78 is 36.6. The molecule has 116 valence electrons. The average Bonchev–Trinajstić information content (AvgIpc) is 2.88. The largest absolute Gasteiger partial charge is 0.463 e. The molecule has 2 aliphatic rings. The van der Waals surface area contributed by atoms with Gasteiger partial charge in [0.1, 0.15) is 0 Å². The Labute approximate surface area is 124 Å². The number of aromatic nitrogens is 2. The van der Waals surface area contributed by atoms with Crippen molar-refractivity contribution >= 4 is 10.0 Å². The van der Waals surface area contributed by atoms with E-state index < -0.39 is 10.0 Å². The van der Waals surface area contributed by atoms with Crippen LogP contribution in [0.25, 0.3) is 0 Å². The minimum atomic E-state index is -3.18. The maximum absolute atomic E-state index is 11.8. The van der Waals surface area contributed by atoms with E-state index in [-0.39, 0.29) is 18.1 Å². The van der Waals surface area contributed by atoms with Gasteiger partial charge in [0, 0.05) is 24.9 Å². The summed E-state index contributed by atoms with van der Waals surface area (Å²) in [5.74, 6) is 0.170. The minimum Gasteiger partial charge on any atom is -0.463 e. The zero-order valence-electron chi connectivity index (χ0n) is 11.9. The Hall–Kier alpha value is -1.25. The zero-order chi connectivity index (χ0) is 14.9. The van der Waals surface area contributed by atoms with Crippen molar-refractivity contribution in [1.29, 1.82) is 0 Å². The summed E-state index contributed by atoms with van der Waals surface area (Å²) in [4.78, 5) is 8.03. The molecule has 3 unspecified atom stereocenters. The van der Waals surface area contributed by atoms with Crippen LogP contribution < -0.4 is 4.74 Å². The van der Waals surface area contributed by atoms with Crippen molar-refractivity contribution < 1.29 is 17.9 Å². The van der Waals surface area contributed by atoms with Crippen molar-refractivity contribution in [2.24, 2.45) is 5.92 Å². The van der Waals surface area contributed by atoms with Crippen molar-refractivity contribution in [3.05, 3.63) is 18.5 Å². The van der Waals surface area contributed by atoms with Gasteiger partial charge >= 0.3 is 6.01 Å². The van der Waals surface area contributed by atoms with Gasteiger partial charge in [0.25, 0.3) is 0 Å². The standard InChI is InChI=1S/C13H19N3O4S/c1-21(17,18)16-7-8-19-12-10(3-4-11(12)16)9-20-13-14-5-2-6-15-13/h2,5-6,10-12H,3-4,7-9H2,1H3. The molecule has 7 nitrogen and oxygen atoms in total. The molecule has 0 aromatic carbocycles. The third-order valence-corrected chi connectivity index (χ3v) is 5.37. The van der Waals surface area contributed by atoms with Gasteiger partial charge < -0.3 is 9.47 Å². The number of rotatable bonds is 4. The molecular weight excluding hydrogens is 294 g/mol. The molecule has 3 rings (SSSR count). The molecule has 21 heavy (non-hydrogen) atoms. The van der Waals surface area contributed by atoms with Crippen molar-refractivity contribution in [3.63, 3.8) is 0 Å². The van der Waals surface area contributed by atoms with Crippen molar-refractivity contribution in [3.8, 4) is 6.01 Å². The highest BCUT2D eigenvalue weighted by Gasteiger charge is 2.45. The number of sulfonamides is 1. The summed E-state index contributed by atoms with van der Waals surface area (Å²) in [5.41, 5.74) is 0. The number of ether oxygens (including phenoxy) is 2. The average molecular weight is 313 g/mol. The predicted octanol–water partition coefficient (Wildman–Crippen LogP) is 0.294. The van der Waals surface area contributed by atoms with Crippen LogP contribution in [0.5, 0.6) is 6.01 Å². The Balaban J connectivity index is 1.64. The molecule has 1 aliphatic heterocycles. The van der Waals surface area contributed by atoms with Crippen LogP contribution in [0.15, 0.2) is 18.5 Å². The third kappa shape index (κ3) is 3.17. The van der Waals surface area contributed by atoms with Gasteiger partial charge in [0.15, 0.2) is 0 Å². The van der Waals surface area contributed by atoms with Crippen molar-refractivity contribution in [2.45, 2.75) is 25.0 Å². The lowest BCUT2D eigenvalue weighted by atomic mass is 10.1. The Morgan fingerprint density at radius 2 is 2.14 bits per heavy atom. The van der Waals surface area contributed by atoms with Gasteiger partial charge in [-0.1, -0.05) is 0 Å². The number of hydrogen-bond donors (Lipinski definition) is 0. The van der Waals surface area contributed by atoms with E-state index in [0.717, 1.165) is 12.8 Å². The minimum absolute atomic E-state index is 0.0703. The van der Waals surface area contributed by atoms with Crippen LogP contribution in [-0.2, 0) is 14.8 Å². The Morgan fingerprint density at radius 1 is 1.38 bits per heavy atom. The number of morpholine rings is 1. The molecule has 3 atom stereocenters. The lowest BCUT2D eigenvalue weighted by Crippen LogP contribution is -2.52. The highest BCUT2D eigenvalue weighted by Crippen LogP contribution is 2.35. The monoisotopic (exact) mass is 313 g/mol. The van der Waals surface area contributed by atoms with Gasteiger partial charge in [0.2, 0.25) is 10.0 Å². The SMILES string of the molecule is CS(=O)(=O)N1CCOC2C(COc3ncccn3)CCC21. The van der Waals surface area contributed by atoms with Crippen LogP contribution in [0.1, 0.15) is 12.8 Å². The fourth-order valence-electron chi connectivity index (χ4n) is 3.16. The summed E-state index contributed by atoms with van der Waals surface area (Å²) >= 11 is 0. The molecule has 1 saturated carbocycles. The van der Waals surface area contributed by atoms with Gasteiger partial charge in [-0.3, -0.25) is 0 Å². The smallest absolute Gasteiger partial charge is 0.316 e. The molecule has 2 fully saturated rings. The quantitative estimate of drug-likeness (QED) is 0.795. The molecular formula is C13H19N3O4S. The Morgan fingerprint density at radius 3 is 2.86 bits per heavy atom. The van der Waals surface area contributed by atoms with Gasteiger partial charge in [-0.25, -0.2) is 18.4 Å². The first-order valence-electron chi connectivity index (χ1n) is 7.04. The Bertz CT molecular complexity index is 580. The molecule has 1 saturated heterocycles. The highest BCUT2D eigenvalue weighted by atomic mass is 32.2. The van der Waals surface area contributed by atoms with Gasteiger partial charge in [-0.2, -0.15) is 4.31 Å². The molecule has 1 aromatic rings. The van der Waals surface area contributed by atoms with Gasteiger partial charge in [-0.15, -0.1) is 0 Å². The summed E-state index contributed by atoms with van der Waals surface area (Å²) in [7, 11) is -3.18. The van der Waals surface area contributed by atoms with E-state index in [1.165, 1.54) is 6.26 Å². The lowest BCUT2D eigenvalue weighted by Gasteiger charge is -2.37. The summed E-state index contributed by atoms with van der Waals surface area (Å²) in [5, 5.41) is 0. The number of hydrogen-bond acceptors (Lipinski definition) is 6. The number of nitrogens with zero attached hydrogens (tertiary/aromatic N) is 3. The lowest BCUT2D eigenvalue weighted by molar-refractivity contribution is -0.0532. The molecule has 0 radical (unpaired) electrons. The van der Waals surface area contributed by atoms with E-state index in [1.807, 2.05) is 0 Å². The van der Waals surface area contributed by atoms with Crippen LogP contribution in [0, 0.1) is 5.92 Å².